The molecule has 80 valence electrons. The van der Waals surface area contributed by atoms with Crippen molar-refractivity contribution in [3.8, 4) is 0 Å². The Bertz CT molecular complexity index is 266. The lowest BCUT2D eigenvalue weighted by molar-refractivity contribution is -0.120. The van der Waals surface area contributed by atoms with E-state index in [1.807, 2.05) is 0 Å². The van der Waals surface area contributed by atoms with E-state index in [4.69, 9.17) is 0 Å². The van der Waals surface area contributed by atoms with E-state index in [-0.39, 0.29) is 0 Å². The second-order valence-electron chi connectivity index (χ2n) is 6.44. The van der Waals surface area contributed by atoms with Crippen molar-refractivity contribution in [1.82, 2.24) is 0 Å². The van der Waals surface area contributed by atoms with Crippen LogP contribution in [0.4, 0.5) is 0 Å². The molecule has 2 rings (SSSR count). The number of Topliss-reactive ketones (excluding diaryl/α,β-unsaturated/α-hetero) is 1. The van der Waals surface area contributed by atoms with Crippen molar-refractivity contribution in [2.24, 2.45) is 22.7 Å². The topological polar surface area (TPSA) is 17.1 Å². The molecule has 0 aliphatic heterocycles. The van der Waals surface area contributed by atoms with Gasteiger partial charge in [0, 0.05) is 5.92 Å². The van der Waals surface area contributed by atoms with E-state index >= 15 is 0 Å². The number of hydrogen-bond donors (Lipinski definition) is 0. The quantitative estimate of drug-likeness (QED) is 0.625. The van der Waals surface area contributed by atoms with Gasteiger partial charge in [0.15, 0.2) is 0 Å². The summed E-state index contributed by atoms with van der Waals surface area (Å²) in [5.41, 5.74) is 0.943. The molecule has 0 spiro atoms. The van der Waals surface area contributed by atoms with E-state index in [0.29, 0.717) is 22.5 Å². The van der Waals surface area contributed by atoms with Crippen LogP contribution >= 0.6 is 0 Å². The lowest BCUT2D eigenvalue weighted by Crippen LogP contribution is -2.24. The molecule has 0 aromatic carbocycles. The van der Waals surface area contributed by atoms with Crippen LogP contribution in [0.1, 0.15) is 53.4 Å². The average Bonchev–Trinajstić information content (AvgIpc) is 2.50. The Balaban J connectivity index is 2.22. The average molecular weight is 194 g/mol. The van der Waals surface area contributed by atoms with Gasteiger partial charge in [0.05, 0.1) is 0 Å². The van der Waals surface area contributed by atoms with Gasteiger partial charge in [-0.25, -0.2) is 0 Å². The number of ketones is 1. The van der Waals surface area contributed by atoms with Crippen LogP contribution in [0.2, 0.25) is 0 Å². The molecule has 1 heteroatoms. The standard InChI is InChI=1S/C13H22O/c1-9(14)10-7-11-12(2,3)5-6-13(11,4)8-10/h10-11H,5-8H2,1-4H3. The molecule has 0 amide bonds. The predicted octanol–water partition coefficient (Wildman–Crippen LogP) is 3.43. The second-order valence-corrected chi connectivity index (χ2v) is 6.44. The van der Waals surface area contributed by atoms with E-state index in [1.165, 1.54) is 12.8 Å². The van der Waals surface area contributed by atoms with Gasteiger partial charge in [0.25, 0.3) is 0 Å². The van der Waals surface area contributed by atoms with Gasteiger partial charge < -0.3 is 0 Å². The van der Waals surface area contributed by atoms with E-state index in [9.17, 15) is 4.79 Å². The monoisotopic (exact) mass is 194 g/mol. The first-order valence-electron chi connectivity index (χ1n) is 5.86. The summed E-state index contributed by atoms with van der Waals surface area (Å²) in [6.07, 6.45) is 4.97. The summed E-state index contributed by atoms with van der Waals surface area (Å²) in [5, 5.41) is 0. The Kier molecular flexibility index (Phi) is 2.06. The zero-order chi connectivity index (χ0) is 10.6. The largest absolute Gasteiger partial charge is 0.300 e. The number of carbonyl (C=O) groups is 1. The van der Waals surface area contributed by atoms with Gasteiger partial charge >= 0.3 is 0 Å². The van der Waals surface area contributed by atoms with Gasteiger partial charge in [-0.15, -0.1) is 0 Å². The first-order valence-corrected chi connectivity index (χ1v) is 5.86. The molecule has 0 radical (unpaired) electrons. The Morgan fingerprint density at radius 2 is 1.86 bits per heavy atom. The first-order chi connectivity index (χ1) is 6.35. The molecule has 0 heterocycles. The highest BCUT2D eigenvalue weighted by Gasteiger charge is 2.55. The highest BCUT2D eigenvalue weighted by molar-refractivity contribution is 5.78. The Morgan fingerprint density at radius 1 is 1.21 bits per heavy atom. The molecule has 0 aromatic heterocycles. The van der Waals surface area contributed by atoms with Crippen LogP contribution < -0.4 is 0 Å². The predicted molar refractivity (Wildman–Crippen MR) is 58.0 cm³/mol. The van der Waals surface area contributed by atoms with Crippen LogP contribution in [-0.4, -0.2) is 5.78 Å². The maximum atomic E-state index is 11.4. The third-order valence-electron chi connectivity index (χ3n) is 4.93. The summed E-state index contributed by atoms with van der Waals surface area (Å²) in [6.45, 7) is 8.92. The van der Waals surface area contributed by atoms with Crippen molar-refractivity contribution < 1.29 is 4.79 Å². The van der Waals surface area contributed by atoms with Gasteiger partial charge in [0.2, 0.25) is 0 Å². The molecule has 2 fully saturated rings. The lowest BCUT2D eigenvalue weighted by Gasteiger charge is -2.31. The lowest BCUT2D eigenvalue weighted by atomic mass is 9.74. The molecule has 0 aromatic rings. The zero-order valence-corrected chi connectivity index (χ0v) is 9.89. The normalized spacial score (nSPS) is 45.1. The summed E-state index contributed by atoms with van der Waals surface area (Å²) >= 11 is 0. The van der Waals surface area contributed by atoms with Crippen molar-refractivity contribution in [1.29, 1.82) is 0 Å². The molecule has 0 bridgehead atoms. The first kappa shape index (κ1) is 10.2. The third-order valence-corrected chi connectivity index (χ3v) is 4.93. The summed E-state index contributed by atoms with van der Waals surface area (Å²) in [6, 6.07) is 0. The number of rotatable bonds is 1. The zero-order valence-electron chi connectivity index (χ0n) is 9.89. The van der Waals surface area contributed by atoms with Crippen LogP contribution in [0.15, 0.2) is 0 Å². The molecule has 3 atom stereocenters. The van der Waals surface area contributed by atoms with Crippen molar-refractivity contribution >= 4 is 5.78 Å². The highest BCUT2D eigenvalue weighted by atomic mass is 16.1. The number of carbonyl (C=O) groups excluding carboxylic acids is 1. The van der Waals surface area contributed by atoms with Crippen molar-refractivity contribution in [2.45, 2.75) is 53.4 Å². The van der Waals surface area contributed by atoms with E-state index < -0.39 is 0 Å². The molecule has 1 nitrogen and oxygen atoms in total. The van der Waals surface area contributed by atoms with Crippen molar-refractivity contribution in [3.05, 3.63) is 0 Å². The summed E-state index contributed by atoms with van der Waals surface area (Å²) < 4.78 is 0. The molecule has 3 unspecified atom stereocenters. The minimum absolute atomic E-state index is 0.365. The molecule has 2 aliphatic carbocycles. The molecular weight excluding hydrogens is 172 g/mol. The van der Waals surface area contributed by atoms with Gasteiger partial charge in [-0.05, 0) is 49.4 Å². The Hall–Kier alpha value is -0.330. The fourth-order valence-corrected chi connectivity index (χ4v) is 3.99. The van der Waals surface area contributed by atoms with Crippen molar-refractivity contribution in [2.75, 3.05) is 0 Å². The molecular formula is C13H22O. The molecule has 14 heavy (non-hydrogen) atoms. The Morgan fingerprint density at radius 3 is 2.36 bits per heavy atom. The molecule has 0 saturated heterocycles. The summed E-state index contributed by atoms with van der Waals surface area (Å²) in [5.74, 6) is 1.56. The fraction of sp³-hybridized carbons (Fsp3) is 0.923. The van der Waals surface area contributed by atoms with E-state index in [2.05, 4.69) is 20.8 Å². The molecule has 2 aliphatic rings. The highest BCUT2D eigenvalue weighted by Crippen LogP contribution is 2.63. The maximum absolute atomic E-state index is 11.4. The molecule has 2 saturated carbocycles. The van der Waals surface area contributed by atoms with E-state index in [0.717, 1.165) is 18.8 Å². The van der Waals surface area contributed by atoms with Crippen molar-refractivity contribution in [3.63, 3.8) is 0 Å². The van der Waals surface area contributed by atoms with Crippen LogP contribution in [0.3, 0.4) is 0 Å². The van der Waals surface area contributed by atoms with Gasteiger partial charge in [0.1, 0.15) is 5.78 Å². The van der Waals surface area contributed by atoms with Gasteiger partial charge in [-0.1, -0.05) is 20.8 Å². The van der Waals surface area contributed by atoms with Crippen LogP contribution in [-0.2, 0) is 4.79 Å². The number of hydrogen-bond acceptors (Lipinski definition) is 1. The second kappa shape index (κ2) is 2.84. The molecule has 0 N–H and O–H groups in total. The van der Waals surface area contributed by atoms with Gasteiger partial charge in [-0.2, -0.15) is 0 Å². The minimum Gasteiger partial charge on any atom is -0.300 e. The van der Waals surface area contributed by atoms with Crippen LogP contribution in [0.25, 0.3) is 0 Å². The minimum atomic E-state index is 0.365. The van der Waals surface area contributed by atoms with E-state index in [1.54, 1.807) is 6.92 Å². The van der Waals surface area contributed by atoms with Crippen LogP contribution in [0.5, 0.6) is 0 Å². The fourth-order valence-electron chi connectivity index (χ4n) is 3.99. The SMILES string of the molecule is CC(=O)C1CC2C(C)(C)CCC2(C)C1. The maximum Gasteiger partial charge on any atom is 0.132 e. The summed E-state index contributed by atoms with van der Waals surface area (Å²) in [7, 11) is 0. The Labute approximate surface area is 87.3 Å². The van der Waals surface area contributed by atoms with Gasteiger partial charge in [-0.3, -0.25) is 4.79 Å². The van der Waals surface area contributed by atoms with Crippen LogP contribution in [0, 0.1) is 22.7 Å². The smallest absolute Gasteiger partial charge is 0.132 e. The number of fused-ring (bicyclic) bond motifs is 1. The third kappa shape index (κ3) is 1.32. The summed E-state index contributed by atoms with van der Waals surface area (Å²) in [4.78, 5) is 11.4.